The molecule has 0 amide bonds. The molecule has 0 aliphatic rings. The van der Waals surface area contributed by atoms with Crippen molar-refractivity contribution in [3.63, 3.8) is 0 Å². The van der Waals surface area contributed by atoms with Crippen LogP contribution in [-0.2, 0) is 6.18 Å². The molecule has 80 heavy (non-hydrogen) atoms. The lowest BCUT2D eigenvalue weighted by atomic mass is 9.95. The van der Waals surface area contributed by atoms with E-state index in [1.54, 1.807) is 0 Å². The van der Waals surface area contributed by atoms with Crippen LogP contribution in [0.3, 0.4) is 0 Å². The summed E-state index contributed by atoms with van der Waals surface area (Å²) < 4.78 is 47.2. The number of nitrogens with zero attached hydrogens (tertiary/aromatic N) is 4. The summed E-state index contributed by atoms with van der Waals surface area (Å²) in [5, 5.41) is 4.12. The van der Waals surface area contributed by atoms with Crippen LogP contribution in [0.2, 0.25) is 0 Å². The molecule has 13 rings (SSSR count). The highest BCUT2D eigenvalue weighted by Crippen LogP contribution is 2.47. The second-order valence-electron chi connectivity index (χ2n) is 20.9. The van der Waals surface area contributed by atoms with Crippen molar-refractivity contribution in [1.82, 2.24) is 9.13 Å². The van der Waals surface area contributed by atoms with Crippen molar-refractivity contribution in [1.29, 1.82) is 0 Å². The summed E-state index contributed by atoms with van der Waals surface area (Å²) >= 11 is 0. The number of fused-ring (bicyclic) bond motifs is 6. The third-order valence-corrected chi connectivity index (χ3v) is 15.7. The van der Waals surface area contributed by atoms with Crippen molar-refractivity contribution in [3.05, 3.63) is 275 Å². The predicted octanol–water partition coefficient (Wildman–Crippen LogP) is 21.2. The van der Waals surface area contributed by atoms with Crippen LogP contribution in [0.25, 0.3) is 131 Å². The molecule has 0 N–H and O–H groups in total. The SMILES string of the molecule is [C-]#[N+]c1ccc(-c2ccc(-c3ccc(C(F)(F)F)cc3[N+]#[C-])cc2-n2c3ccc(-c4ccc(C)cc4)cc3c3cc(-c4ccc(C)cc4)ccc32)c(-n2c3ccc(-c4ccc(C)cc4)cc3c3cc(-c4ccc(C)cc4)ccc32)c1. The molecule has 4 nitrogen and oxygen atoms in total. The second-order valence-corrected chi connectivity index (χ2v) is 20.9. The van der Waals surface area contributed by atoms with E-state index in [2.05, 4.69) is 216 Å². The minimum Gasteiger partial charge on any atom is -0.310 e. The number of aromatic nitrogens is 2. The number of hydrogen-bond acceptors (Lipinski definition) is 0. The molecule has 0 aliphatic carbocycles. The summed E-state index contributed by atoms with van der Waals surface area (Å²) in [5.41, 5.74) is 20.6. The van der Waals surface area contributed by atoms with Gasteiger partial charge in [0.05, 0.1) is 40.9 Å². The number of hydrogen-bond donors (Lipinski definition) is 0. The summed E-state index contributed by atoms with van der Waals surface area (Å²) in [4.78, 5) is 7.68. The highest BCUT2D eigenvalue weighted by molar-refractivity contribution is 6.14. The number of rotatable bonds is 8. The molecule has 0 saturated carbocycles. The minimum absolute atomic E-state index is 0.103. The lowest BCUT2D eigenvalue weighted by Crippen LogP contribution is -2.04. The highest BCUT2D eigenvalue weighted by atomic mass is 19.4. The molecule has 0 fully saturated rings. The van der Waals surface area contributed by atoms with E-state index in [1.165, 1.54) is 28.3 Å². The van der Waals surface area contributed by atoms with Crippen LogP contribution in [0, 0.1) is 40.8 Å². The minimum atomic E-state index is -4.63. The third-order valence-electron chi connectivity index (χ3n) is 15.7. The van der Waals surface area contributed by atoms with Crippen molar-refractivity contribution in [3.8, 4) is 78.1 Å². The van der Waals surface area contributed by atoms with Crippen molar-refractivity contribution < 1.29 is 13.2 Å². The number of alkyl halides is 3. The van der Waals surface area contributed by atoms with Gasteiger partial charge in [0.15, 0.2) is 11.4 Å². The maximum Gasteiger partial charge on any atom is 0.415 e. The fraction of sp³-hybridized carbons (Fsp3) is 0.0685. The van der Waals surface area contributed by atoms with Crippen LogP contribution in [0.15, 0.2) is 224 Å². The van der Waals surface area contributed by atoms with E-state index >= 15 is 0 Å². The van der Waals surface area contributed by atoms with Crippen LogP contribution in [0.4, 0.5) is 24.5 Å². The van der Waals surface area contributed by atoms with Crippen LogP contribution < -0.4 is 0 Å². The third kappa shape index (κ3) is 8.67. The number of aryl methyl sites for hydroxylation is 4. The van der Waals surface area contributed by atoms with Crippen LogP contribution in [0.5, 0.6) is 0 Å². The van der Waals surface area contributed by atoms with E-state index in [0.717, 1.165) is 123 Å². The zero-order chi connectivity index (χ0) is 55.0. The van der Waals surface area contributed by atoms with Gasteiger partial charge in [0.25, 0.3) is 0 Å². The van der Waals surface area contributed by atoms with Crippen molar-refractivity contribution >= 4 is 55.0 Å². The molecule has 0 atom stereocenters. The highest BCUT2D eigenvalue weighted by Gasteiger charge is 2.31. The molecule has 0 radical (unpaired) electrons. The lowest BCUT2D eigenvalue weighted by Gasteiger charge is -2.21. The second kappa shape index (κ2) is 19.4. The summed E-state index contributed by atoms with van der Waals surface area (Å²) in [6.07, 6.45) is -4.63. The fourth-order valence-corrected chi connectivity index (χ4v) is 11.4. The average molecular weight is 1040 g/mol. The van der Waals surface area contributed by atoms with Crippen LogP contribution in [-0.4, -0.2) is 9.13 Å². The fourth-order valence-electron chi connectivity index (χ4n) is 11.4. The first-order valence-electron chi connectivity index (χ1n) is 26.5. The van der Waals surface area contributed by atoms with Gasteiger partial charge in [-0.1, -0.05) is 180 Å². The van der Waals surface area contributed by atoms with Crippen LogP contribution >= 0.6 is 0 Å². The summed E-state index contributed by atoms with van der Waals surface area (Å²) in [7, 11) is 0. The van der Waals surface area contributed by atoms with Gasteiger partial charge in [-0.2, -0.15) is 13.2 Å². The molecule has 2 aromatic heterocycles. The Balaban J connectivity index is 1.11. The molecule has 0 saturated heterocycles. The smallest absolute Gasteiger partial charge is 0.310 e. The molecule has 11 aromatic carbocycles. The number of benzene rings is 11. The first kappa shape index (κ1) is 49.4. The van der Waals surface area contributed by atoms with E-state index < -0.39 is 11.7 Å². The molecule has 0 aliphatic heterocycles. The maximum absolute atomic E-state index is 14.2. The Morgan fingerprint density at radius 3 is 0.988 bits per heavy atom. The normalized spacial score (nSPS) is 11.7. The van der Waals surface area contributed by atoms with Gasteiger partial charge in [-0.05, 0) is 150 Å². The molecule has 382 valence electrons. The van der Waals surface area contributed by atoms with Gasteiger partial charge in [0.1, 0.15) is 0 Å². The first-order valence-corrected chi connectivity index (χ1v) is 26.5. The van der Waals surface area contributed by atoms with Crippen molar-refractivity contribution in [2.45, 2.75) is 33.9 Å². The van der Waals surface area contributed by atoms with Gasteiger partial charge in [-0.3, -0.25) is 0 Å². The van der Waals surface area contributed by atoms with E-state index in [0.29, 0.717) is 16.8 Å². The zero-order valence-corrected chi connectivity index (χ0v) is 44.3. The summed E-state index contributed by atoms with van der Waals surface area (Å²) in [6, 6.07) is 75.6. The van der Waals surface area contributed by atoms with Gasteiger partial charge < -0.3 is 9.13 Å². The summed E-state index contributed by atoms with van der Waals surface area (Å²) in [6.45, 7) is 24.9. The van der Waals surface area contributed by atoms with Crippen LogP contribution in [0.1, 0.15) is 27.8 Å². The van der Waals surface area contributed by atoms with Gasteiger partial charge in [0.2, 0.25) is 0 Å². The Morgan fingerprint density at radius 2 is 0.637 bits per heavy atom. The van der Waals surface area contributed by atoms with E-state index in [4.69, 9.17) is 13.1 Å². The van der Waals surface area contributed by atoms with Crippen molar-refractivity contribution in [2.24, 2.45) is 0 Å². The molecule has 0 bridgehead atoms. The van der Waals surface area contributed by atoms with Gasteiger partial charge in [-0.25, -0.2) is 9.69 Å². The standard InChI is InChI=1S/C73H49F3N4/c1-44-7-15-48(16-8-44)52-24-33-67-62(37-52)63-38-53(49-17-9-45(2)10-18-49)25-34-68(63)79(67)71-41-56(59-31-28-57(73(74,75)76)42-66(59)78-6)23-30-60(71)61-32-29-58(77-5)43-72(61)80-69-35-26-54(50-19-11-46(3)12-20-50)39-64(69)65-40-55(27-36-70(65)80)51-21-13-47(4)14-22-51/h7-43H,1-4H3. The largest absolute Gasteiger partial charge is 0.415 e. The zero-order valence-electron chi connectivity index (χ0n) is 44.3. The molecule has 0 spiro atoms. The average Bonchev–Trinajstić information content (AvgIpc) is 4.19. The number of halogens is 3. The molecular weight excluding hydrogens is 990 g/mol. The lowest BCUT2D eigenvalue weighted by molar-refractivity contribution is -0.137. The quantitative estimate of drug-likeness (QED) is 0.135. The van der Waals surface area contributed by atoms with Gasteiger partial charge >= 0.3 is 6.18 Å². The van der Waals surface area contributed by atoms with Gasteiger partial charge in [0, 0.05) is 43.9 Å². The molecule has 0 unspecified atom stereocenters. The first-order chi connectivity index (χ1) is 38.8. The Bertz CT molecular complexity index is 4510. The van der Waals surface area contributed by atoms with E-state index in [9.17, 15) is 13.2 Å². The summed E-state index contributed by atoms with van der Waals surface area (Å²) in [5.74, 6) is 0. The monoisotopic (exact) mass is 1040 g/mol. The molecule has 2 heterocycles. The molecule has 7 heteroatoms. The Hall–Kier alpha value is -10.2. The Morgan fingerprint density at radius 1 is 0.312 bits per heavy atom. The maximum atomic E-state index is 14.2. The topological polar surface area (TPSA) is 18.6 Å². The van der Waals surface area contributed by atoms with Gasteiger partial charge in [-0.15, -0.1) is 0 Å². The predicted molar refractivity (Wildman–Crippen MR) is 324 cm³/mol. The van der Waals surface area contributed by atoms with Crippen molar-refractivity contribution in [2.75, 3.05) is 0 Å². The Labute approximate surface area is 462 Å². The van der Waals surface area contributed by atoms with E-state index in [-0.39, 0.29) is 5.69 Å². The van der Waals surface area contributed by atoms with E-state index in [1.807, 2.05) is 36.4 Å². The molecular formula is C73H49F3N4. The Kier molecular flexibility index (Phi) is 11.9. The molecule has 13 aromatic rings.